The first kappa shape index (κ1) is 12.6. The van der Waals surface area contributed by atoms with Gasteiger partial charge in [0.1, 0.15) is 0 Å². The van der Waals surface area contributed by atoms with Gasteiger partial charge in [-0.2, -0.15) is 0 Å². The van der Waals surface area contributed by atoms with E-state index >= 15 is 0 Å². The minimum Gasteiger partial charge on any atom is -0.389 e. The highest BCUT2D eigenvalue weighted by atomic mass is 16.5. The third-order valence-corrected chi connectivity index (χ3v) is 6.47. The summed E-state index contributed by atoms with van der Waals surface area (Å²) < 4.78 is 11.6. The van der Waals surface area contributed by atoms with Gasteiger partial charge in [0, 0.05) is 19.8 Å². The normalized spacial score (nSPS) is 48.8. The fourth-order valence-corrected chi connectivity index (χ4v) is 5.39. The van der Waals surface area contributed by atoms with E-state index in [9.17, 15) is 5.11 Å². The van der Waals surface area contributed by atoms with E-state index in [1.807, 2.05) is 0 Å². The number of hydrogen-bond acceptors (Lipinski definition) is 3. The molecule has 1 spiro atoms. The fourth-order valence-electron chi connectivity index (χ4n) is 5.39. The molecule has 2 aliphatic carbocycles. The molecule has 2 saturated heterocycles. The van der Waals surface area contributed by atoms with Crippen LogP contribution in [0.4, 0.5) is 0 Å². The van der Waals surface area contributed by atoms with Gasteiger partial charge < -0.3 is 14.6 Å². The second-order valence-electron chi connectivity index (χ2n) is 7.40. The van der Waals surface area contributed by atoms with Crippen LogP contribution >= 0.6 is 0 Å². The molecule has 4 unspecified atom stereocenters. The Bertz CT molecular complexity index is 344. The molecule has 0 aromatic rings. The van der Waals surface area contributed by atoms with Crippen molar-refractivity contribution in [3.8, 4) is 0 Å². The maximum Gasteiger partial charge on any atom is 0.0730 e. The Morgan fingerprint density at radius 3 is 2.42 bits per heavy atom. The first-order valence-corrected chi connectivity index (χ1v) is 8.14. The van der Waals surface area contributed by atoms with Crippen molar-refractivity contribution in [3.05, 3.63) is 0 Å². The van der Waals surface area contributed by atoms with E-state index in [1.165, 1.54) is 19.3 Å². The Kier molecular flexibility index (Phi) is 2.95. The first-order valence-electron chi connectivity index (χ1n) is 8.14. The lowest BCUT2D eigenvalue weighted by Gasteiger charge is -2.49. The Morgan fingerprint density at radius 1 is 0.895 bits per heavy atom. The van der Waals surface area contributed by atoms with Crippen LogP contribution < -0.4 is 0 Å². The molecule has 2 heterocycles. The van der Waals surface area contributed by atoms with Crippen molar-refractivity contribution in [2.24, 2.45) is 17.8 Å². The van der Waals surface area contributed by atoms with Crippen molar-refractivity contribution in [2.45, 2.75) is 62.6 Å². The monoisotopic (exact) mass is 266 g/mol. The molecular formula is C16H26O3. The fraction of sp³-hybridized carbons (Fsp3) is 1.00. The zero-order valence-corrected chi connectivity index (χ0v) is 11.8. The molecule has 4 rings (SSSR count). The molecule has 4 atom stereocenters. The van der Waals surface area contributed by atoms with E-state index in [4.69, 9.17) is 9.47 Å². The summed E-state index contributed by atoms with van der Waals surface area (Å²) in [4.78, 5) is 0. The van der Waals surface area contributed by atoms with Crippen LogP contribution in [0.3, 0.4) is 0 Å². The lowest BCUT2D eigenvalue weighted by molar-refractivity contribution is -0.184. The van der Waals surface area contributed by atoms with Crippen LogP contribution in [0.15, 0.2) is 0 Å². The maximum atomic E-state index is 11.2. The minimum atomic E-state index is -0.363. The molecule has 4 aliphatic rings. The van der Waals surface area contributed by atoms with Crippen molar-refractivity contribution in [3.63, 3.8) is 0 Å². The van der Waals surface area contributed by atoms with Gasteiger partial charge in [0.05, 0.1) is 11.2 Å². The van der Waals surface area contributed by atoms with E-state index in [2.05, 4.69) is 0 Å². The standard InChI is InChI=1S/C16H26O3/c17-16(10-12-1-2-13(16)9-12)14-3-6-19-15(11-14)4-7-18-8-5-15/h12-14,17H,1-11H2. The molecule has 0 radical (unpaired) electrons. The Labute approximate surface area is 115 Å². The van der Waals surface area contributed by atoms with Crippen LogP contribution in [-0.4, -0.2) is 36.1 Å². The zero-order chi connectivity index (χ0) is 12.9. The van der Waals surface area contributed by atoms with Crippen LogP contribution in [0.25, 0.3) is 0 Å². The number of ether oxygens (including phenoxy) is 2. The highest BCUT2D eigenvalue weighted by molar-refractivity contribution is 5.07. The van der Waals surface area contributed by atoms with Crippen molar-refractivity contribution < 1.29 is 14.6 Å². The topological polar surface area (TPSA) is 38.7 Å². The summed E-state index contributed by atoms with van der Waals surface area (Å²) in [6, 6.07) is 0. The Morgan fingerprint density at radius 2 is 1.74 bits per heavy atom. The second-order valence-corrected chi connectivity index (χ2v) is 7.40. The van der Waals surface area contributed by atoms with Crippen LogP contribution in [0.5, 0.6) is 0 Å². The highest BCUT2D eigenvalue weighted by Gasteiger charge is 2.56. The summed E-state index contributed by atoms with van der Waals surface area (Å²) in [6.45, 7) is 2.50. The molecule has 2 bridgehead atoms. The number of hydrogen-bond donors (Lipinski definition) is 1. The zero-order valence-electron chi connectivity index (χ0n) is 11.8. The van der Waals surface area contributed by atoms with E-state index in [-0.39, 0.29) is 11.2 Å². The minimum absolute atomic E-state index is 0.0265. The molecule has 2 aliphatic heterocycles. The van der Waals surface area contributed by atoms with Gasteiger partial charge in [-0.3, -0.25) is 0 Å². The average Bonchev–Trinajstić information content (AvgIpc) is 3.00. The highest BCUT2D eigenvalue weighted by Crippen LogP contribution is 2.57. The second kappa shape index (κ2) is 4.44. The van der Waals surface area contributed by atoms with E-state index in [0.717, 1.165) is 57.8 Å². The Hall–Kier alpha value is -0.120. The van der Waals surface area contributed by atoms with Crippen molar-refractivity contribution in [1.82, 2.24) is 0 Å². The van der Waals surface area contributed by atoms with E-state index < -0.39 is 0 Å². The van der Waals surface area contributed by atoms with Crippen molar-refractivity contribution >= 4 is 0 Å². The molecule has 0 aromatic heterocycles. The number of rotatable bonds is 1. The molecule has 3 nitrogen and oxygen atoms in total. The smallest absolute Gasteiger partial charge is 0.0730 e. The third-order valence-electron chi connectivity index (χ3n) is 6.47. The molecular weight excluding hydrogens is 240 g/mol. The van der Waals surface area contributed by atoms with Gasteiger partial charge in [0.25, 0.3) is 0 Å². The third kappa shape index (κ3) is 1.97. The summed E-state index contributed by atoms with van der Waals surface area (Å²) in [6.07, 6.45) is 9.13. The van der Waals surface area contributed by atoms with Crippen LogP contribution in [0.2, 0.25) is 0 Å². The summed E-state index contributed by atoms with van der Waals surface area (Å²) in [5.41, 5.74) is -0.337. The van der Waals surface area contributed by atoms with Gasteiger partial charge in [-0.15, -0.1) is 0 Å². The SMILES string of the molecule is OC1(C2CCOC3(CCOCC3)C2)CC2CCC1C2. The summed E-state index contributed by atoms with van der Waals surface area (Å²) >= 11 is 0. The Balaban J connectivity index is 1.52. The molecule has 0 amide bonds. The van der Waals surface area contributed by atoms with Crippen molar-refractivity contribution in [2.75, 3.05) is 19.8 Å². The molecule has 2 saturated carbocycles. The van der Waals surface area contributed by atoms with E-state index in [0.29, 0.717) is 11.8 Å². The summed E-state index contributed by atoms with van der Waals surface area (Å²) in [7, 11) is 0. The van der Waals surface area contributed by atoms with Crippen molar-refractivity contribution in [1.29, 1.82) is 0 Å². The maximum absolute atomic E-state index is 11.2. The molecule has 19 heavy (non-hydrogen) atoms. The van der Waals surface area contributed by atoms with Gasteiger partial charge in [0.15, 0.2) is 0 Å². The van der Waals surface area contributed by atoms with Crippen LogP contribution in [0.1, 0.15) is 51.4 Å². The molecule has 4 fully saturated rings. The summed E-state index contributed by atoms with van der Waals surface area (Å²) in [5, 5.41) is 11.2. The number of aliphatic hydroxyl groups is 1. The van der Waals surface area contributed by atoms with Crippen LogP contribution in [-0.2, 0) is 9.47 Å². The van der Waals surface area contributed by atoms with Gasteiger partial charge in [-0.25, -0.2) is 0 Å². The molecule has 0 aromatic carbocycles. The first-order chi connectivity index (χ1) is 9.20. The van der Waals surface area contributed by atoms with E-state index in [1.54, 1.807) is 0 Å². The molecule has 108 valence electrons. The molecule has 1 N–H and O–H groups in total. The summed E-state index contributed by atoms with van der Waals surface area (Å²) in [5.74, 6) is 1.86. The predicted octanol–water partition coefficient (Wildman–Crippen LogP) is 2.51. The predicted molar refractivity (Wildman–Crippen MR) is 71.9 cm³/mol. The number of fused-ring (bicyclic) bond motifs is 2. The van der Waals surface area contributed by atoms with Gasteiger partial charge in [0.2, 0.25) is 0 Å². The lowest BCUT2D eigenvalue weighted by atomic mass is 9.67. The van der Waals surface area contributed by atoms with Gasteiger partial charge in [-0.05, 0) is 69.1 Å². The lowest BCUT2D eigenvalue weighted by Crippen LogP contribution is -2.52. The largest absolute Gasteiger partial charge is 0.389 e. The molecule has 3 heteroatoms. The van der Waals surface area contributed by atoms with Gasteiger partial charge >= 0.3 is 0 Å². The average molecular weight is 266 g/mol. The van der Waals surface area contributed by atoms with Crippen LogP contribution in [0, 0.1) is 17.8 Å². The quantitative estimate of drug-likeness (QED) is 0.792. The van der Waals surface area contributed by atoms with Gasteiger partial charge in [-0.1, -0.05) is 0 Å².